The van der Waals surface area contributed by atoms with Crippen LogP contribution in [0.2, 0.25) is 0 Å². The molecule has 0 bridgehead atoms. The van der Waals surface area contributed by atoms with Gasteiger partial charge in [0, 0.05) is 11.8 Å². The third-order valence-electron chi connectivity index (χ3n) is 3.09. The fraction of sp³-hybridized carbons (Fsp3) is 0.0667. The molecule has 4 rings (SSSR count). The van der Waals surface area contributed by atoms with Gasteiger partial charge in [-0.25, -0.2) is 4.98 Å². The van der Waals surface area contributed by atoms with Crippen molar-refractivity contribution in [3.63, 3.8) is 0 Å². The third-order valence-corrected chi connectivity index (χ3v) is 3.09. The predicted octanol–water partition coefficient (Wildman–Crippen LogP) is 3.10. The molecule has 1 aliphatic heterocycles. The van der Waals surface area contributed by atoms with Crippen molar-refractivity contribution in [2.45, 2.75) is 0 Å². The van der Waals surface area contributed by atoms with E-state index in [4.69, 9.17) is 9.47 Å². The number of rotatable bonds is 2. The molecule has 0 saturated heterocycles. The van der Waals surface area contributed by atoms with E-state index in [1.165, 1.54) is 0 Å². The quantitative estimate of drug-likeness (QED) is 0.771. The van der Waals surface area contributed by atoms with Crippen LogP contribution in [0.15, 0.2) is 48.7 Å². The second-order valence-corrected chi connectivity index (χ2v) is 4.44. The fourth-order valence-corrected chi connectivity index (χ4v) is 2.14. The number of hydrogen-bond acceptors (Lipinski definition) is 5. The van der Waals surface area contributed by atoms with Crippen molar-refractivity contribution in [1.82, 2.24) is 9.97 Å². The molecular weight excluding hydrogens is 254 g/mol. The average Bonchev–Trinajstić information content (AvgIpc) is 2.95. The van der Waals surface area contributed by atoms with Crippen molar-refractivity contribution in [3.05, 3.63) is 48.7 Å². The van der Waals surface area contributed by atoms with Gasteiger partial charge < -0.3 is 14.8 Å². The molecule has 2 aromatic carbocycles. The van der Waals surface area contributed by atoms with Gasteiger partial charge in [-0.2, -0.15) is 0 Å². The monoisotopic (exact) mass is 265 g/mol. The number of benzene rings is 2. The molecular formula is C15H11N3O2. The van der Waals surface area contributed by atoms with Gasteiger partial charge in [0.1, 0.15) is 5.82 Å². The molecule has 1 aromatic heterocycles. The van der Waals surface area contributed by atoms with E-state index < -0.39 is 0 Å². The molecule has 0 atom stereocenters. The smallest absolute Gasteiger partial charge is 0.231 e. The SMILES string of the molecule is c1ccc2nc(Nc3ccc4c(c3)OCO4)cnc2c1. The minimum atomic E-state index is 0.272. The molecule has 0 saturated carbocycles. The minimum absolute atomic E-state index is 0.272. The Bertz CT molecular complexity index is 789. The molecule has 98 valence electrons. The lowest BCUT2D eigenvalue weighted by molar-refractivity contribution is 0.174. The lowest BCUT2D eigenvalue weighted by atomic mass is 10.2. The summed E-state index contributed by atoms with van der Waals surface area (Å²) in [4.78, 5) is 8.89. The van der Waals surface area contributed by atoms with Crippen LogP contribution in [-0.2, 0) is 0 Å². The van der Waals surface area contributed by atoms with Gasteiger partial charge in [-0.05, 0) is 24.3 Å². The highest BCUT2D eigenvalue weighted by molar-refractivity contribution is 5.76. The zero-order valence-corrected chi connectivity index (χ0v) is 10.5. The summed E-state index contributed by atoms with van der Waals surface area (Å²) in [6, 6.07) is 13.5. The Labute approximate surface area is 115 Å². The first-order chi connectivity index (χ1) is 9.88. The summed E-state index contributed by atoms with van der Waals surface area (Å²) in [5.74, 6) is 2.20. The summed E-state index contributed by atoms with van der Waals surface area (Å²) in [6.45, 7) is 0.272. The average molecular weight is 265 g/mol. The normalized spacial score (nSPS) is 12.6. The van der Waals surface area contributed by atoms with Gasteiger partial charge in [-0.15, -0.1) is 0 Å². The lowest BCUT2D eigenvalue weighted by Gasteiger charge is -2.07. The molecule has 0 amide bonds. The first-order valence-corrected chi connectivity index (χ1v) is 6.27. The van der Waals surface area contributed by atoms with Crippen LogP contribution in [0.5, 0.6) is 11.5 Å². The van der Waals surface area contributed by atoms with Crippen molar-refractivity contribution in [2.24, 2.45) is 0 Å². The number of ether oxygens (including phenoxy) is 2. The number of fused-ring (bicyclic) bond motifs is 2. The largest absolute Gasteiger partial charge is 0.454 e. The number of para-hydroxylation sites is 2. The molecule has 0 unspecified atom stereocenters. The lowest BCUT2D eigenvalue weighted by Crippen LogP contribution is -1.95. The van der Waals surface area contributed by atoms with E-state index >= 15 is 0 Å². The van der Waals surface area contributed by atoms with Crippen molar-refractivity contribution < 1.29 is 9.47 Å². The van der Waals surface area contributed by atoms with Crippen LogP contribution in [0.1, 0.15) is 0 Å². The first-order valence-electron chi connectivity index (χ1n) is 6.27. The fourth-order valence-electron chi connectivity index (χ4n) is 2.14. The second kappa shape index (κ2) is 4.38. The molecule has 20 heavy (non-hydrogen) atoms. The molecule has 0 aliphatic carbocycles. The van der Waals surface area contributed by atoms with Gasteiger partial charge in [0.25, 0.3) is 0 Å². The molecule has 0 fully saturated rings. The number of nitrogens with one attached hydrogen (secondary N) is 1. The number of nitrogens with zero attached hydrogens (tertiary/aromatic N) is 2. The summed E-state index contributed by atoms with van der Waals surface area (Å²) in [5.41, 5.74) is 2.63. The topological polar surface area (TPSA) is 56.3 Å². The highest BCUT2D eigenvalue weighted by Crippen LogP contribution is 2.34. The van der Waals surface area contributed by atoms with E-state index in [1.807, 2.05) is 42.5 Å². The van der Waals surface area contributed by atoms with Crippen LogP contribution in [0.25, 0.3) is 11.0 Å². The van der Waals surface area contributed by atoms with Gasteiger partial charge >= 0.3 is 0 Å². The highest BCUT2D eigenvalue weighted by atomic mass is 16.7. The Hall–Kier alpha value is -2.82. The van der Waals surface area contributed by atoms with Crippen LogP contribution in [0, 0.1) is 0 Å². The predicted molar refractivity (Wildman–Crippen MR) is 75.4 cm³/mol. The maximum atomic E-state index is 5.35. The number of aromatic nitrogens is 2. The Kier molecular flexibility index (Phi) is 2.42. The van der Waals surface area contributed by atoms with Gasteiger partial charge in [0.15, 0.2) is 11.5 Å². The highest BCUT2D eigenvalue weighted by Gasteiger charge is 2.13. The summed E-state index contributed by atoms with van der Waals surface area (Å²) in [7, 11) is 0. The molecule has 5 nitrogen and oxygen atoms in total. The van der Waals surface area contributed by atoms with Crippen LogP contribution in [0.4, 0.5) is 11.5 Å². The standard InChI is InChI=1S/C15H11N3O2/c1-2-4-12-11(3-1)16-8-15(18-12)17-10-5-6-13-14(7-10)20-9-19-13/h1-8H,9H2,(H,17,18). The third kappa shape index (κ3) is 1.89. The van der Waals surface area contributed by atoms with Crippen molar-refractivity contribution in [2.75, 3.05) is 12.1 Å². The first kappa shape index (κ1) is 11.0. The Morgan fingerprint density at radius 3 is 2.75 bits per heavy atom. The zero-order valence-electron chi connectivity index (χ0n) is 10.5. The van der Waals surface area contributed by atoms with E-state index in [-0.39, 0.29) is 6.79 Å². The van der Waals surface area contributed by atoms with Crippen molar-refractivity contribution >= 4 is 22.5 Å². The van der Waals surface area contributed by atoms with E-state index in [0.717, 1.165) is 28.2 Å². The zero-order chi connectivity index (χ0) is 13.4. The molecule has 1 aliphatic rings. The Morgan fingerprint density at radius 2 is 1.80 bits per heavy atom. The van der Waals surface area contributed by atoms with Gasteiger partial charge in [0.05, 0.1) is 17.2 Å². The molecule has 1 N–H and O–H groups in total. The van der Waals surface area contributed by atoms with Gasteiger partial charge in [0.2, 0.25) is 6.79 Å². The van der Waals surface area contributed by atoms with E-state index in [1.54, 1.807) is 6.20 Å². The van der Waals surface area contributed by atoms with Gasteiger partial charge in [-0.3, -0.25) is 4.98 Å². The van der Waals surface area contributed by atoms with Crippen molar-refractivity contribution in [1.29, 1.82) is 0 Å². The maximum absolute atomic E-state index is 5.35. The molecule has 0 radical (unpaired) electrons. The molecule has 5 heteroatoms. The Balaban J connectivity index is 1.67. The summed E-state index contributed by atoms with van der Waals surface area (Å²) in [6.07, 6.45) is 1.72. The summed E-state index contributed by atoms with van der Waals surface area (Å²) in [5, 5.41) is 3.22. The van der Waals surface area contributed by atoms with Crippen LogP contribution < -0.4 is 14.8 Å². The minimum Gasteiger partial charge on any atom is -0.454 e. The number of hydrogen-bond donors (Lipinski definition) is 1. The van der Waals surface area contributed by atoms with Gasteiger partial charge in [-0.1, -0.05) is 12.1 Å². The second-order valence-electron chi connectivity index (χ2n) is 4.44. The van der Waals surface area contributed by atoms with E-state index in [9.17, 15) is 0 Å². The van der Waals surface area contributed by atoms with Crippen LogP contribution in [-0.4, -0.2) is 16.8 Å². The maximum Gasteiger partial charge on any atom is 0.231 e. The van der Waals surface area contributed by atoms with Crippen LogP contribution >= 0.6 is 0 Å². The molecule has 2 heterocycles. The molecule has 3 aromatic rings. The Morgan fingerprint density at radius 1 is 0.950 bits per heavy atom. The number of anilines is 2. The van der Waals surface area contributed by atoms with Crippen LogP contribution in [0.3, 0.4) is 0 Å². The van der Waals surface area contributed by atoms with Crippen molar-refractivity contribution in [3.8, 4) is 11.5 Å². The molecule has 0 spiro atoms. The summed E-state index contributed by atoms with van der Waals surface area (Å²) >= 11 is 0. The van der Waals surface area contributed by atoms with E-state index in [2.05, 4.69) is 15.3 Å². The van der Waals surface area contributed by atoms with E-state index in [0.29, 0.717) is 5.82 Å². The summed E-state index contributed by atoms with van der Waals surface area (Å²) < 4.78 is 10.6.